The molecule has 1 aliphatic rings. The Balaban J connectivity index is 0.00000312. The van der Waals surface area contributed by atoms with Gasteiger partial charge in [-0.1, -0.05) is 19.1 Å². The normalized spacial score (nSPS) is 18.4. The second kappa shape index (κ2) is 10.9. The van der Waals surface area contributed by atoms with Crippen LogP contribution < -0.4 is 11.1 Å². The fourth-order valence-corrected chi connectivity index (χ4v) is 3.16. The molecule has 0 amide bonds. The van der Waals surface area contributed by atoms with Crippen LogP contribution in [0.25, 0.3) is 0 Å². The maximum atomic E-state index is 14.0. The van der Waals surface area contributed by atoms with Gasteiger partial charge in [0.15, 0.2) is 5.96 Å². The molecule has 2 rings (SSSR count). The average Bonchev–Trinajstić information content (AvgIpc) is 3.00. The lowest BCUT2D eigenvalue weighted by atomic mass is 10.1. The lowest BCUT2D eigenvalue weighted by Gasteiger charge is -2.23. The van der Waals surface area contributed by atoms with E-state index in [4.69, 9.17) is 5.73 Å². The summed E-state index contributed by atoms with van der Waals surface area (Å²) in [7, 11) is 3.85. The van der Waals surface area contributed by atoms with Crippen LogP contribution in [0, 0.1) is 5.82 Å². The molecule has 7 heteroatoms. The van der Waals surface area contributed by atoms with E-state index < -0.39 is 0 Å². The molecule has 1 aliphatic heterocycles. The molecule has 0 spiro atoms. The molecule has 0 aromatic heterocycles. The van der Waals surface area contributed by atoms with Crippen LogP contribution in [0.5, 0.6) is 0 Å². The average molecular weight is 463 g/mol. The molecule has 5 nitrogen and oxygen atoms in total. The largest absolute Gasteiger partial charge is 0.370 e. The lowest BCUT2D eigenvalue weighted by molar-refractivity contribution is 0.267. The zero-order valence-corrected chi connectivity index (χ0v) is 17.8. The van der Waals surface area contributed by atoms with Crippen LogP contribution in [-0.4, -0.2) is 55.5 Å². The van der Waals surface area contributed by atoms with E-state index in [1.165, 1.54) is 19.4 Å². The first-order valence-corrected chi connectivity index (χ1v) is 8.69. The molecular formula is C18H31FIN5. The van der Waals surface area contributed by atoms with Crippen molar-refractivity contribution in [3.63, 3.8) is 0 Å². The number of nitrogens with two attached hydrogens (primary N) is 1. The highest BCUT2D eigenvalue weighted by molar-refractivity contribution is 14.0. The minimum atomic E-state index is -0.188. The van der Waals surface area contributed by atoms with E-state index in [9.17, 15) is 4.39 Å². The molecule has 0 aliphatic carbocycles. The van der Waals surface area contributed by atoms with Crippen molar-refractivity contribution in [2.45, 2.75) is 38.9 Å². The molecule has 0 saturated carbocycles. The number of benzene rings is 1. The standard InChI is InChI=1S/C18H30FN5.HI/c1-4-24-9-5-6-16(24)12-22-18(20)21-11-14-7-8-15(13-23(2)3)17(19)10-14;/h7-8,10,16H,4-6,9,11-13H2,1-3H3,(H3,20,21,22);1H. The van der Waals surface area contributed by atoms with Crippen molar-refractivity contribution in [1.29, 1.82) is 0 Å². The van der Waals surface area contributed by atoms with E-state index >= 15 is 0 Å². The number of rotatable bonds is 7. The Hall–Kier alpha value is -0.930. The fraction of sp³-hybridized carbons (Fsp3) is 0.611. The molecule has 1 unspecified atom stereocenters. The Morgan fingerprint density at radius 2 is 2.20 bits per heavy atom. The van der Waals surface area contributed by atoms with E-state index in [2.05, 4.69) is 22.1 Å². The smallest absolute Gasteiger partial charge is 0.188 e. The molecule has 1 atom stereocenters. The van der Waals surface area contributed by atoms with Crippen molar-refractivity contribution < 1.29 is 4.39 Å². The predicted octanol–water partition coefficient (Wildman–Crippen LogP) is 2.39. The highest BCUT2D eigenvalue weighted by Gasteiger charge is 2.22. The molecule has 0 bridgehead atoms. The van der Waals surface area contributed by atoms with Gasteiger partial charge in [0.25, 0.3) is 0 Å². The van der Waals surface area contributed by atoms with Crippen LogP contribution in [0.15, 0.2) is 23.2 Å². The third kappa shape index (κ3) is 7.07. The maximum absolute atomic E-state index is 14.0. The molecule has 1 aromatic carbocycles. The molecule has 1 saturated heterocycles. The Bertz CT molecular complexity index is 564. The number of hydrogen-bond acceptors (Lipinski definition) is 3. The first-order chi connectivity index (χ1) is 11.5. The first kappa shape index (κ1) is 22.1. The summed E-state index contributed by atoms with van der Waals surface area (Å²) in [6.07, 6.45) is 2.45. The van der Waals surface area contributed by atoms with Crippen molar-refractivity contribution in [2.24, 2.45) is 10.7 Å². The van der Waals surface area contributed by atoms with E-state index in [0.29, 0.717) is 30.7 Å². The number of guanidine groups is 1. The van der Waals surface area contributed by atoms with E-state index in [1.807, 2.05) is 31.1 Å². The van der Waals surface area contributed by atoms with Gasteiger partial charge in [0, 0.05) is 24.7 Å². The molecule has 0 radical (unpaired) electrons. The van der Waals surface area contributed by atoms with Crippen molar-refractivity contribution in [3.05, 3.63) is 35.1 Å². The zero-order valence-electron chi connectivity index (χ0n) is 15.5. The maximum Gasteiger partial charge on any atom is 0.188 e. The number of hydrogen-bond donors (Lipinski definition) is 2. The summed E-state index contributed by atoms with van der Waals surface area (Å²) in [5.41, 5.74) is 7.46. The van der Waals surface area contributed by atoms with Gasteiger partial charge in [-0.3, -0.25) is 4.90 Å². The van der Waals surface area contributed by atoms with Crippen LogP contribution in [0.4, 0.5) is 4.39 Å². The van der Waals surface area contributed by atoms with Gasteiger partial charge in [-0.25, -0.2) is 9.38 Å². The van der Waals surface area contributed by atoms with Crippen molar-refractivity contribution >= 4 is 29.9 Å². The molecule has 142 valence electrons. The Kier molecular flexibility index (Phi) is 9.66. The number of likely N-dealkylation sites (tertiary alicyclic amines) is 1. The van der Waals surface area contributed by atoms with Crippen LogP contribution >= 0.6 is 24.0 Å². The van der Waals surface area contributed by atoms with Gasteiger partial charge < -0.3 is 16.0 Å². The quantitative estimate of drug-likeness (QED) is 0.371. The van der Waals surface area contributed by atoms with Crippen LogP contribution in [0.2, 0.25) is 0 Å². The summed E-state index contributed by atoms with van der Waals surface area (Å²) < 4.78 is 14.0. The number of halogens is 2. The fourth-order valence-electron chi connectivity index (χ4n) is 3.16. The van der Waals surface area contributed by atoms with E-state index in [1.54, 1.807) is 6.07 Å². The summed E-state index contributed by atoms with van der Waals surface area (Å²) >= 11 is 0. The number of nitrogens with one attached hydrogen (secondary N) is 1. The van der Waals surface area contributed by atoms with Gasteiger partial charge in [-0.05, 0) is 51.7 Å². The monoisotopic (exact) mass is 463 g/mol. The van der Waals surface area contributed by atoms with Gasteiger partial charge in [0.2, 0.25) is 0 Å². The Labute approximate surface area is 167 Å². The lowest BCUT2D eigenvalue weighted by Crippen LogP contribution is -2.42. The third-order valence-electron chi connectivity index (χ3n) is 4.46. The summed E-state index contributed by atoms with van der Waals surface area (Å²) in [6, 6.07) is 5.81. The van der Waals surface area contributed by atoms with Gasteiger partial charge >= 0.3 is 0 Å². The highest BCUT2D eigenvalue weighted by Crippen LogP contribution is 2.15. The second-order valence-corrected chi connectivity index (χ2v) is 6.67. The van der Waals surface area contributed by atoms with Gasteiger partial charge in [0.05, 0.1) is 6.54 Å². The topological polar surface area (TPSA) is 56.9 Å². The molecule has 1 aromatic rings. The van der Waals surface area contributed by atoms with Gasteiger partial charge in [-0.2, -0.15) is 0 Å². The van der Waals surface area contributed by atoms with Gasteiger partial charge in [-0.15, -0.1) is 24.0 Å². The molecule has 3 N–H and O–H groups in total. The van der Waals surface area contributed by atoms with E-state index in [-0.39, 0.29) is 29.8 Å². The number of aliphatic imine (C=N–C) groups is 1. The molecular weight excluding hydrogens is 432 g/mol. The third-order valence-corrected chi connectivity index (χ3v) is 4.46. The minimum Gasteiger partial charge on any atom is -0.370 e. The minimum absolute atomic E-state index is 0. The van der Waals surface area contributed by atoms with Crippen LogP contribution in [0.3, 0.4) is 0 Å². The number of likely N-dealkylation sites (N-methyl/N-ethyl adjacent to an activating group) is 1. The summed E-state index contributed by atoms with van der Waals surface area (Å²) in [5.74, 6) is 0.239. The van der Waals surface area contributed by atoms with Crippen molar-refractivity contribution in [2.75, 3.05) is 33.7 Å². The SMILES string of the molecule is CCN1CCCC1CNC(N)=NCc1ccc(CN(C)C)c(F)c1.I. The number of nitrogens with zero attached hydrogens (tertiary/aromatic N) is 3. The van der Waals surface area contributed by atoms with Crippen molar-refractivity contribution in [3.8, 4) is 0 Å². The molecule has 25 heavy (non-hydrogen) atoms. The Morgan fingerprint density at radius 1 is 1.44 bits per heavy atom. The summed E-state index contributed by atoms with van der Waals surface area (Å²) in [4.78, 5) is 8.73. The first-order valence-electron chi connectivity index (χ1n) is 8.69. The highest BCUT2D eigenvalue weighted by atomic mass is 127. The Morgan fingerprint density at radius 3 is 2.84 bits per heavy atom. The predicted molar refractivity (Wildman–Crippen MR) is 113 cm³/mol. The summed E-state index contributed by atoms with van der Waals surface area (Å²) in [5, 5.41) is 3.20. The van der Waals surface area contributed by atoms with E-state index in [0.717, 1.165) is 18.7 Å². The second-order valence-electron chi connectivity index (χ2n) is 6.67. The zero-order chi connectivity index (χ0) is 17.5. The van der Waals surface area contributed by atoms with Crippen LogP contribution in [0.1, 0.15) is 30.9 Å². The molecule has 1 heterocycles. The van der Waals surface area contributed by atoms with Crippen LogP contribution in [-0.2, 0) is 13.1 Å². The van der Waals surface area contributed by atoms with Gasteiger partial charge in [0.1, 0.15) is 5.82 Å². The van der Waals surface area contributed by atoms with Crippen molar-refractivity contribution in [1.82, 2.24) is 15.1 Å². The molecule has 1 fully saturated rings. The summed E-state index contributed by atoms with van der Waals surface area (Å²) in [6.45, 7) is 6.22.